The average molecular weight is 218 g/mol. The van der Waals surface area contributed by atoms with E-state index < -0.39 is 0 Å². The second-order valence-corrected chi connectivity index (χ2v) is 4.06. The lowest BCUT2D eigenvalue weighted by molar-refractivity contribution is -0.117. The number of halogens is 1. The minimum Gasteiger partial charge on any atom is -0.301 e. The van der Waals surface area contributed by atoms with E-state index in [1.165, 1.54) is 11.5 Å². The smallest absolute Gasteiger partial charge is 0.228 e. The predicted molar refractivity (Wildman–Crippen MR) is 51.1 cm³/mol. The minimum atomic E-state index is 0.122. The summed E-state index contributed by atoms with van der Waals surface area (Å²) in [5.41, 5.74) is 0. The van der Waals surface area contributed by atoms with E-state index >= 15 is 0 Å². The van der Waals surface area contributed by atoms with Gasteiger partial charge in [-0.05, 0) is 5.92 Å². The first kappa shape index (κ1) is 8.90. The molecule has 2 heterocycles. The van der Waals surface area contributed by atoms with E-state index in [1.54, 1.807) is 11.1 Å². The molecule has 1 aromatic rings. The molecule has 1 atom stereocenters. The highest BCUT2D eigenvalue weighted by atomic mass is 35.5. The van der Waals surface area contributed by atoms with Gasteiger partial charge in [0, 0.05) is 30.4 Å². The fraction of sp³-hybridized carbons (Fsp3) is 0.571. The van der Waals surface area contributed by atoms with Gasteiger partial charge in [0.1, 0.15) is 5.00 Å². The molecule has 70 valence electrons. The normalized spacial score (nSPS) is 22.7. The average Bonchev–Trinajstić information content (AvgIpc) is 2.72. The molecule has 2 rings (SSSR count). The molecule has 1 unspecified atom stereocenters. The van der Waals surface area contributed by atoms with Crippen molar-refractivity contribution in [2.45, 2.75) is 6.42 Å². The second kappa shape index (κ2) is 3.59. The van der Waals surface area contributed by atoms with E-state index in [4.69, 9.17) is 11.6 Å². The third-order valence-electron chi connectivity index (χ3n) is 2.04. The van der Waals surface area contributed by atoms with Crippen molar-refractivity contribution < 1.29 is 4.79 Å². The minimum absolute atomic E-state index is 0.122. The number of alkyl halides is 1. The van der Waals surface area contributed by atoms with Gasteiger partial charge >= 0.3 is 0 Å². The summed E-state index contributed by atoms with van der Waals surface area (Å²) >= 11 is 6.93. The lowest BCUT2D eigenvalue weighted by atomic mass is 10.2. The van der Waals surface area contributed by atoms with Crippen LogP contribution in [0.25, 0.3) is 0 Å². The highest BCUT2D eigenvalue weighted by Gasteiger charge is 2.30. The van der Waals surface area contributed by atoms with E-state index in [0.29, 0.717) is 18.8 Å². The van der Waals surface area contributed by atoms with Crippen LogP contribution in [0.4, 0.5) is 5.00 Å². The third kappa shape index (κ3) is 1.66. The fourth-order valence-corrected chi connectivity index (χ4v) is 2.13. The van der Waals surface area contributed by atoms with Crippen LogP contribution in [0.5, 0.6) is 0 Å². The molecule has 13 heavy (non-hydrogen) atoms. The maximum Gasteiger partial charge on any atom is 0.228 e. The van der Waals surface area contributed by atoms with Crippen molar-refractivity contribution in [2.75, 3.05) is 17.3 Å². The zero-order chi connectivity index (χ0) is 9.26. The highest BCUT2D eigenvalue weighted by Crippen LogP contribution is 2.26. The van der Waals surface area contributed by atoms with Crippen molar-refractivity contribution in [1.29, 1.82) is 0 Å². The summed E-state index contributed by atoms with van der Waals surface area (Å²) in [5.74, 6) is 0.932. The summed E-state index contributed by atoms with van der Waals surface area (Å²) < 4.78 is 3.72. The number of carbonyl (C=O) groups is 1. The Bertz CT molecular complexity index is 303. The van der Waals surface area contributed by atoms with E-state index in [-0.39, 0.29) is 11.8 Å². The molecule has 0 N–H and O–H groups in total. The quantitative estimate of drug-likeness (QED) is 0.698. The van der Waals surface area contributed by atoms with Gasteiger partial charge in [0.15, 0.2) is 0 Å². The van der Waals surface area contributed by atoms with Crippen molar-refractivity contribution in [1.82, 2.24) is 9.59 Å². The number of nitrogens with zero attached hydrogens (tertiary/aromatic N) is 3. The highest BCUT2D eigenvalue weighted by molar-refractivity contribution is 7.10. The van der Waals surface area contributed by atoms with Gasteiger partial charge in [0.25, 0.3) is 0 Å². The Morgan fingerprint density at radius 2 is 2.62 bits per heavy atom. The van der Waals surface area contributed by atoms with Crippen LogP contribution in [0.3, 0.4) is 0 Å². The van der Waals surface area contributed by atoms with Crippen LogP contribution in [0.1, 0.15) is 6.42 Å². The van der Waals surface area contributed by atoms with Gasteiger partial charge in [-0.25, -0.2) is 0 Å². The Kier molecular flexibility index (Phi) is 2.46. The van der Waals surface area contributed by atoms with Crippen molar-refractivity contribution in [3.63, 3.8) is 0 Å². The molecule has 6 heteroatoms. The fourth-order valence-electron chi connectivity index (χ4n) is 1.38. The van der Waals surface area contributed by atoms with E-state index in [2.05, 4.69) is 9.59 Å². The number of hydrogen-bond acceptors (Lipinski definition) is 4. The molecule has 0 bridgehead atoms. The lowest BCUT2D eigenvalue weighted by Crippen LogP contribution is -2.23. The van der Waals surface area contributed by atoms with Crippen molar-refractivity contribution in [2.24, 2.45) is 5.92 Å². The molecule has 4 nitrogen and oxygen atoms in total. The molecule has 0 saturated carbocycles. The predicted octanol–water partition coefficient (Wildman–Crippen LogP) is 1.13. The van der Waals surface area contributed by atoms with Gasteiger partial charge in [-0.3, -0.25) is 4.79 Å². The van der Waals surface area contributed by atoms with Crippen LogP contribution in [0, 0.1) is 5.92 Å². The summed E-state index contributed by atoms with van der Waals surface area (Å²) in [6.07, 6.45) is 2.15. The van der Waals surface area contributed by atoms with Gasteiger partial charge in [0.05, 0.1) is 6.20 Å². The third-order valence-corrected chi connectivity index (χ3v) is 3.16. The Labute approximate surface area is 84.7 Å². The Morgan fingerprint density at radius 3 is 3.15 bits per heavy atom. The first-order valence-electron chi connectivity index (χ1n) is 3.95. The van der Waals surface area contributed by atoms with E-state index in [1.807, 2.05) is 0 Å². The summed E-state index contributed by atoms with van der Waals surface area (Å²) in [6.45, 7) is 0.701. The molecule has 1 fully saturated rings. The van der Waals surface area contributed by atoms with Gasteiger partial charge in [-0.2, -0.15) is 0 Å². The molecule has 0 radical (unpaired) electrons. The van der Waals surface area contributed by atoms with Gasteiger partial charge in [-0.15, -0.1) is 16.7 Å². The first-order valence-corrected chi connectivity index (χ1v) is 5.25. The second-order valence-electron chi connectivity index (χ2n) is 2.98. The summed E-state index contributed by atoms with van der Waals surface area (Å²) in [7, 11) is 0. The molecule has 1 amide bonds. The number of rotatable bonds is 2. The van der Waals surface area contributed by atoms with Crippen LogP contribution in [0.15, 0.2) is 6.20 Å². The van der Waals surface area contributed by atoms with Crippen molar-refractivity contribution in [3.05, 3.63) is 6.20 Å². The lowest BCUT2D eigenvalue weighted by Gasteiger charge is -2.11. The number of amides is 1. The topological polar surface area (TPSA) is 46.1 Å². The first-order chi connectivity index (χ1) is 6.31. The van der Waals surface area contributed by atoms with Gasteiger partial charge in [0.2, 0.25) is 5.91 Å². The molecular formula is C7H8ClN3OS. The van der Waals surface area contributed by atoms with Crippen LogP contribution >= 0.6 is 23.1 Å². The Balaban J connectivity index is 2.14. The number of carbonyl (C=O) groups excluding carboxylic acids is 1. The molecule has 1 aliphatic rings. The summed E-state index contributed by atoms with van der Waals surface area (Å²) in [4.78, 5) is 13.2. The molecule has 1 saturated heterocycles. The van der Waals surface area contributed by atoms with Crippen molar-refractivity contribution >= 4 is 34.0 Å². The number of anilines is 1. The maximum absolute atomic E-state index is 11.5. The molecular weight excluding hydrogens is 210 g/mol. The molecule has 0 spiro atoms. The van der Waals surface area contributed by atoms with Crippen LogP contribution in [-0.2, 0) is 4.79 Å². The number of hydrogen-bond donors (Lipinski definition) is 0. The molecule has 1 aliphatic heterocycles. The number of aromatic nitrogens is 2. The van der Waals surface area contributed by atoms with E-state index in [9.17, 15) is 4.79 Å². The zero-order valence-corrected chi connectivity index (χ0v) is 8.38. The molecule has 0 aromatic carbocycles. The van der Waals surface area contributed by atoms with Crippen LogP contribution in [0.2, 0.25) is 0 Å². The Hall–Kier alpha value is -0.680. The summed E-state index contributed by atoms with van der Waals surface area (Å²) in [6, 6.07) is 0. The molecule has 1 aromatic heterocycles. The monoisotopic (exact) mass is 217 g/mol. The molecule has 0 aliphatic carbocycles. The van der Waals surface area contributed by atoms with Gasteiger partial charge in [-0.1, -0.05) is 4.49 Å². The van der Waals surface area contributed by atoms with Crippen molar-refractivity contribution in [3.8, 4) is 0 Å². The van der Waals surface area contributed by atoms with Crippen LogP contribution < -0.4 is 4.90 Å². The zero-order valence-electron chi connectivity index (χ0n) is 6.81. The standard InChI is InChI=1S/C7H8ClN3OS/c8-2-5-1-6(12)11(4-5)7-3-9-10-13-7/h3,5H,1-2,4H2. The van der Waals surface area contributed by atoms with E-state index in [0.717, 1.165) is 5.00 Å². The van der Waals surface area contributed by atoms with Crippen LogP contribution in [-0.4, -0.2) is 27.9 Å². The summed E-state index contributed by atoms with van der Waals surface area (Å²) in [5, 5.41) is 4.51. The Morgan fingerprint density at radius 1 is 1.77 bits per heavy atom. The van der Waals surface area contributed by atoms with Gasteiger partial charge < -0.3 is 4.90 Å². The largest absolute Gasteiger partial charge is 0.301 e. The SMILES string of the molecule is O=C1CC(CCl)CN1c1cnns1. The maximum atomic E-state index is 11.5.